The van der Waals surface area contributed by atoms with Crippen molar-refractivity contribution >= 4 is 11.8 Å². The maximum Gasteiger partial charge on any atom is 0.239 e. The molecule has 2 unspecified atom stereocenters. The fraction of sp³-hybridized carbons (Fsp3) is 0.867. The van der Waals surface area contributed by atoms with Gasteiger partial charge in [0.2, 0.25) is 11.8 Å². The van der Waals surface area contributed by atoms with Crippen molar-refractivity contribution < 1.29 is 9.59 Å². The third kappa shape index (κ3) is 4.17. The quantitative estimate of drug-likeness (QED) is 0.788. The van der Waals surface area contributed by atoms with Crippen LogP contribution in [0.3, 0.4) is 0 Å². The van der Waals surface area contributed by atoms with Gasteiger partial charge in [0, 0.05) is 38.8 Å². The molecule has 0 radical (unpaired) electrons. The molecule has 0 saturated carbocycles. The maximum absolute atomic E-state index is 12.4. The highest BCUT2D eigenvalue weighted by Gasteiger charge is 2.27. The zero-order chi connectivity index (χ0) is 15.4. The van der Waals surface area contributed by atoms with Crippen LogP contribution in [-0.4, -0.2) is 77.9 Å². The van der Waals surface area contributed by atoms with Crippen LogP contribution in [0, 0.1) is 0 Å². The van der Waals surface area contributed by atoms with Gasteiger partial charge in [0.05, 0.1) is 12.6 Å². The van der Waals surface area contributed by atoms with E-state index in [-0.39, 0.29) is 11.8 Å². The molecule has 2 atom stereocenters. The maximum atomic E-state index is 12.4. The van der Waals surface area contributed by atoms with Crippen molar-refractivity contribution in [3.8, 4) is 0 Å². The number of carbonyl (C=O) groups is 2. The van der Waals surface area contributed by atoms with E-state index in [0.29, 0.717) is 25.7 Å². The minimum absolute atomic E-state index is 0.00521. The zero-order valence-corrected chi connectivity index (χ0v) is 13.3. The summed E-state index contributed by atoms with van der Waals surface area (Å²) in [5.41, 5.74) is 5.63. The minimum atomic E-state index is -0.438. The second kappa shape index (κ2) is 7.22. The summed E-state index contributed by atoms with van der Waals surface area (Å²) in [5.74, 6) is 0.236. The second-order valence-corrected chi connectivity index (χ2v) is 6.32. The summed E-state index contributed by atoms with van der Waals surface area (Å²) in [6.07, 6.45) is 3.46. The third-order valence-electron chi connectivity index (χ3n) is 4.56. The molecule has 0 aromatic carbocycles. The van der Waals surface area contributed by atoms with E-state index in [1.54, 1.807) is 11.8 Å². The number of hydrogen-bond acceptors (Lipinski definition) is 4. The highest BCUT2D eigenvalue weighted by atomic mass is 16.2. The first-order valence-corrected chi connectivity index (χ1v) is 8.05. The Kier molecular flexibility index (Phi) is 5.58. The van der Waals surface area contributed by atoms with Crippen molar-refractivity contribution in [3.05, 3.63) is 0 Å². The third-order valence-corrected chi connectivity index (χ3v) is 4.56. The molecule has 2 rings (SSSR count). The highest BCUT2D eigenvalue weighted by molar-refractivity contribution is 5.81. The van der Waals surface area contributed by atoms with E-state index in [2.05, 4.69) is 11.8 Å². The van der Waals surface area contributed by atoms with E-state index in [4.69, 9.17) is 5.73 Å². The van der Waals surface area contributed by atoms with Crippen LogP contribution < -0.4 is 5.73 Å². The first kappa shape index (κ1) is 16.2. The van der Waals surface area contributed by atoms with Crippen molar-refractivity contribution in [2.24, 2.45) is 5.73 Å². The summed E-state index contributed by atoms with van der Waals surface area (Å²) < 4.78 is 0. The van der Waals surface area contributed by atoms with E-state index in [1.165, 1.54) is 6.42 Å². The summed E-state index contributed by atoms with van der Waals surface area (Å²) in [6.45, 7) is 8.07. The number of likely N-dealkylation sites (tertiary alicyclic amines) is 1. The Balaban J connectivity index is 1.78. The van der Waals surface area contributed by atoms with Gasteiger partial charge in [0.1, 0.15) is 0 Å². The highest BCUT2D eigenvalue weighted by Crippen LogP contribution is 2.17. The number of nitrogens with zero attached hydrogens (tertiary/aromatic N) is 3. The van der Waals surface area contributed by atoms with Crippen LogP contribution >= 0.6 is 0 Å². The number of rotatable bonds is 3. The Morgan fingerprint density at radius 1 is 1.14 bits per heavy atom. The lowest BCUT2D eigenvalue weighted by molar-refractivity contribution is -0.137. The monoisotopic (exact) mass is 296 g/mol. The molecule has 0 aliphatic carbocycles. The van der Waals surface area contributed by atoms with E-state index < -0.39 is 6.04 Å². The predicted molar refractivity (Wildman–Crippen MR) is 81.7 cm³/mol. The van der Waals surface area contributed by atoms with E-state index >= 15 is 0 Å². The van der Waals surface area contributed by atoms with Gasteiger partial charge in [-0.05, 0) is 33.1 Å². The van der Waals surface area contributed by atoms with Gasteiger partial charge in [-0.25, -0.2) is 0 Å². The molecule has 6 heteroatoms. The van der Waals surface area contributed by atoms with Gasteiger partial charge in [-0.15, -0.1) is 0 Å². The van der Waals surface area contributed by atoms with Gasteiger partial charge in [-0.1, -0.05) is 0 Å². The van der Waals surface area contributed by atoms with Crippen molar-refractivity contribution in [1.29, 1.82) is 0 Å². The second-order valence-electron chi connectivity index (χ2n) is 6.32. The normalized spacial score (nSPS) is 25.8. The van der Waals surface area contributed by atoms with Crippen molar-refractivity contribution in [1.82, 2.24) is 14.7 Å². The lowest BCUT2D eigenvalue weighted by Gasteiger charge is -2.38. The zero-order valence-electron chi connectivity index (χ0n) is 13.3. The average Bonchev–Trinajstić information content (AvgIpc) is 2.47. The number of carbonyl (C=O) groups excluding carboxylic acids is 2. The number of piperidine rings is 1. The summed E-state index contributed by atoms with van der Waals surface area (Å²) in [5, 5.41) is 0. The smallest absolute Gasteiger partial charge is 0.239 e. The Hall–Kier alpha value is -1.14. The minimum Gasteiger partial charge on any atom is -0.339 e. The molecule has 2 aliphatic rings. The van der Waals surface area contributed by atoms with E-state index in [1.807, 2.05) is 4.90 Å². The first-order valence-electron chi connectivity index (χ1n) is 8.05. The van der Waals surface area contributed by atoms with Gasteiger partial charge < -0.3 is 15.5 Å². The van der Waals surface area contributed by atoms with Crippen LogP contribution in [0.4, 0.5) is 0 Å². The molecule has 0 spiro atoms. The molecule has 2 saturated heterocycles. The number of nitrogens with two attached hydrogens (primary N) is 1. The molecule has 120 valence electrons. The molecule has 6 nitrogen and oxygen atoms in total. The molecule has 0 aromatic heterocycles. The largest absolute Gasteiger partial charge is 0.339 e. The van der Waals surface area contributed by atoms with E-state index in [0.717, 1.165) is 32.5 Å². The SMILES string of the molecule is CC(N)C(=O)N1CCN(CC(=O)N2CCCCC2C)CC1. The van der Waals surface area contributed by atoms with Crippen LogP contribution in [0.25, 0.3) is 0 Å². The van der Waals surface area contributed by atoms with Gasteiger partial charge in [-0.2, -0.15) is 0 Å². The van der Waals surface area contributed by atoms with Gasteiger partial charge in [0.25, 0.3) is 0 Å². The van der Waals surface area contributed by atoms with Crippen LogP contribution in [0.5, 0.6) is 0 Å². The van der Waals surface area contributed by atoms with E-state index in [9.17, 15) is 9.59 Å². The molecule has 0 bridgehead atoms. The molecule has 2 N–H and O–H groups in total. The van der Waals surface area contributed by atoms with Crippen molar-refractivity contribution in [3.63, 3.8) is 0 Å². The number of piperazine rings is 1. The fourth-order valence-electron chi connectivity index (χ4n) is 3.17. The van der Waals surface area contributed by atoms with Crippen molar-refractivity contribution in [2.45, 2.75) is 45.2 Å². The fourth-order valence-corrected chi connectivity index (χ4v) is 3.17. The predicted octanol–water partition coefficient (Wildman–Crippen LogP) is -0.121. The standard InChI is InChI=1S/C15H28N4O2/c1-12-5-3-4-6-19(12)14(20)11-17-7-9-18(10-8-17)15(21)13(2)16/h12-13H,3-11,16H2,1-2H3. The summed E-state index contributed by atoms with van der Waals surface area (Å²) >= 11 is 0. The Morgan fingerprint density at radius 2 is 1.81 bits per heavy atom. The van der Waals surface area contributed by atoms with Gasteiger partial charge in [0.15, 0.2) is 0 Å². The first-order chi connectivity index (χ1) is 9.99. The van der Waals surface area contributed by atoms with Crippen LogP contribution in [0.15, 0.2) is 0 Å². The Labute approximate surface area is 127 Å². The summed E-state index contributed by atoms with van der Waals surface area (Å²) in [4.78, 5) is 30.2. The Morgan fingerprint density at radius 3 is 2.38 bits per heavy atom. The van der Waals surface area contributed by atoms with Gasteiger partial charge in [-0.3, -0.25) is 14.5 Å². The van der Waals surface area contributed by atoms with Crippen LogP contribution in [-0.2, 0) is 9.59 Å². The molecule has 2 aliphatic heterocycles. The van der Waals surface area contributed by atoms with Crippen molar-refractivity contribution in [2.75, 3.05) is 39.3 Å². The number of hydrogen-bond donors (Lipinski definition) is 1. The lowest BCUT2D eigenvalue weighted by Crippen LogP contribution is -2.55. The molecular weight excluding hydrogens is 268 g/mol. The lowest BCUT2D eigenvalue weighted by atomic mass is 10.0. The average molecular weight is 296 g/mol. The van der Waals surface area contributed by atoms with Crippen LogP contribution in [0.1, 0.15) is 33.1 Å². The molecule has 2 fully saturated rings. The summed E-state index contributed by atoms with van der Waals surface area (Å²) in [7, 11) is 0. The van der Waals surface area contributed by atoms with Crippen LogP contribution in [0.2, 0.25) is 0 Å². The summed E-state index contributed by atoms with van der Waals surface area (Å²) in [6, 6.07) is -0.0698. The molecular formula is C15H28N4O2. The molecule has 21 heavy (non-hydrogen) atoms. The molecule has 2 heterocycles. The number of amides is 2. The van der Waals surface area contributed by atoms with Gasteiger partial charge >= 0.3 is 0 Å². The molecule has 2 amide bonds. The topological polar surface area (TPSA) is 69.9 Å². The Bertz CT molecular complexity index is 378. The molecule has 0 aromatic rings.